The van der Waals surface area contributed by atoms with Crippen LogP contribution in [0.1, 0.15) is 0 Å². The van der Waals surface area contributed by atoms with Crippen LogP contribution in [-0.4, -0.2) is 4.98 Å². The number of hydrogen-bond donors (Lipinski definition) is 1. The molecule has 0 unspecified atom stereocenters. The lowest BCUT2D eigenvalue weighted by Gasteiger charge is -2.03. The molecule has 0 amide bonds. The van der Waals surface area contributed by atoms with Crippen molar-refractivity contribution in [3.8, 4) is 11.3 Å². The summed E-state index contributed by atoms with van der Waals surface area (Å²) < 4.78 is 7.56. The Labute approximate surface area is 174 Å². The summed E-state index contributed by atoms with van der Waals surface area (Å²) in [6.45, 7) is 0. The molecule has 2 heterocycles. The van der Waals surface area contributed by atoms with Crippen LogP contribution in [0.4, 0.5) is 10.8 Å². The number of anilines is 2. The zero-order chi connectivity index (χ0) is 17.4. The van der Waals surface area contributed by atoms with Gasteiger partial charge in [0.25, 0.3) is 0 Å². The Hall–Kier alpha value is -1.46. The summed E-state index contributed by atoms with van der Waals surface area (Å²) in [7, 11) is 0. The molecule has 7 heteroatoms. The van der Waals surface area contributed by atoms with Gasteiger partial charge in [0.05, 0.1) is 14.8 Å². The highest BCUT2D eigenvalue weighted by molar-refractivity contribution is 14.1. The summed E-state index contributed by atoms with van der Waals surface area (Å²) in [5, 5.41) is 6.74. The van der Waals surface area contributed by atoms with Crippen LogP contribution in [0.2, 0.25) is 0 Å². The minimum atomic E-state index is -0.372. The molecule has 0 radical (unpaired) electrons. The summed E-state index contributed by atoms with van der Waals surface area (Å²) in [6.07, 6.45) is 0. The van der Waals surface area contributed by atoms with Crippen LogP contribution in [0.3, 0.4) is 0 Å². The van der Waals surface area contributed by atoms with Gasteiger partial charge >= 0.3 is 5.63 Å². The van der Waals surface area contributed by atoms with Crippen LogP contribution in [0, 0.1) is 7.14 Å². The van der Waals surface area contributed by atoms with Crippen LogP contribution in [-0.2, 0) is 0 Å². The number of fused-ring (bicyclic) bond motifs is 1. The Morgan fingerprint density at radius 3 is 2.68 bits per heavy atom. The Morgan fingerprint density at radius 1 is 1.08 bits per heavy atom. The maximum Gasteiger partial charge on any atom is 0.345 e. The van der Waals surface area contributed by atoms with Gasteiger partial charge in [-0.1, -0.05) is 18.2 Å². The van der Waals surface area contributed by atoms with Gasteiger partial charge in [0.1, 0.15) is 0 Å². The summed E-state index contributed by atoms with van der Waals surface area (Å²) in [5.74, 6) is 0. The maximum absolute atomic E-state index is 12.4. The van der Waals surface area contributed by atoms with Gasteiger partial charge in [0, 0.05) is 20.0 Å². The van der Waals surface area contributed by atoms with Gasteiger partial charge in [-0.05, 0) is 75.5 Å². The number of hydrogen-bond acceptors (Lipinski definition) is 5. The van der Waals surface area contributed by atoms with Crippen molar-refractivity contribution in [1.82, 2.24) is 4.98 Å². The van der Waals surface area contributed by atoms with E-state index in [1.165, 1.54) is 11.3 Å². The summed E-state index contributed by atoms with van der Waals surface area (Å²) in [6, 6.07) is 15.6. The quantitative estimate of drug-likeness (QED) is 0.247. The van der Waals surface area contributed by atoms with E-state index in [9.17, 15) is 4.79 Å². The van der Waals surface area contributed by atoms with Crippen molar-refractivity contribution in [2.45, 2.75) is 0 Å². The SMILES string of the molecule is O=c1oc2c(I)cc(I)cc2cc1-c1csc(Nc2ccccc2)n1. The van der Waals surface area contributed by atoms with Crippen LogP contribution >= 0.6 is 56.5 Å². The molecule has 0 saturated heterocycles. The molecule has 0 fully saturated rings. The molecular weight excluding hydrogens is 562 g/mol. The number of nitrogens with zero attached hydrogens (tertiary/aromatic N) is 1. The molecular formula is C18H10I2N2O2S. The monoisotopic (exact) mass is 572 g/mol. The highest BCUT2D eigenvalue weighted by Gasteiger charge is 2.13. The van der Waals surface area contributed by atoms with Crippen LogP contribution < -0.4 is 10.9 Å². The lowest BCUT2D eigenvalue weighted by molar-refractivity contribution is 0.561. The van der Waals surface area contributed by atoms with E-state index in [-0.39, 0.29) is 5.63 Å². The van der Waals surface area contributed by atoms with E-state index < -0.39 is 0 Å². The standard InChI is InChI=1S/C18H10I2N2O2S/c19-11-6-10-7-13(17(23)24-16(10)14(20)8-11)15-9-25-18(22-15)21-12-4-2-1-3-5-12/h1-9H,(H,21,22). The van der Waals surface area contributed by atoms with Gasteiger partial charge in [0.2, 0.25) is 0 Å². The van der Waals surface area contributed by atoms with E-state index in [0.717, 1.165) is 23.3 Å². The average molecular weight is 572 g/mol. The lowest BCUT2D eigenvalue weighted by atomic mass is 10.1. The molecule has 4 rings (SSSR count). The first kappa shape index (κ1) is 17.0. The number of nitrogens with one attached hydrogen (secondary N) is 1. The Bertz CT molecular complexity index is 1120. The minimum absolute atomic E-state index is 0.372. The molecule has 0 aliphatic heterocycles. The molecule has 25 heavy (non-hydrogen) atoms. The average Bonchev–Trinajstić information content (AvgIpc) is 3.04. The van der Waals surface area contributed by atoms with E-state index in [0.29, 0.717) is 16.8 Å². The molecule has 0 aliphatic carbocycles. The Kier molecular flexibility index (Phi) is 4.78. The van der Waals surface area contributed by atoms with Gasteiger partial charge in [-0.2, -0.15) is 0 Å². The summed E-state index contributed by atoms with van der Waals surface area (Å²) in [4.78, 5) is 16.9. The van der Waals surface area contributed by atoms with E-state index in [1.54, 1.807) is 0 Å². The molecule has 0 atom stereocenters. The van der Waals surface area contributed by atoms with Crippen LogP contribution in [0.15, 0.2) is 63.1 Å². The van der Waals surface area contributed by atoms with Gasteiger partial charge in [0.15, 0.2) is 10.7 Å². The van der Waals surface area contributed by atoms with Crippen molar-refractivity contribution in [2.75, 3.05) is 5.32 Å². The molecule has 2 aromatic heterocycles. The molecule has 2 aromatic carbocycles. The fourth-order valence-corrected chi connectivity index (χ4v) is 5.17. The number of halogens is 2. The first-order valence-corrected chi connectivity index (χ1v) is 10.3. The lowest BCUT2D eigenvalue weighted by Crippen LogP contribution is -2.03. The normalized spacial score (nSPS) is 11.0. The topological polar surface area (TPSA) is 55.1 Å². The van der Waals surface area contributed by atoms with Crippen molar-refractivity contribution >= 4 is 78.3 Å². The zero-order valence-corrected chi connectivity index (χ0v) is 17.8. The van der Waals surface area contributed by atoms with Crippen LogP contribution in [0.5, 0.6) is 0 Å². The number of para-hydroxylation sites is 1. The van der Waals surface area contributed by atoms with Crippen molar-refractivity contribution < 1.29 is 4.42 Å². The van der Waals surface area contributed by atoms with Crippen molar-refractivity contribution in [1.29, 1.82) is 0 Å². The van der Waals surface area contributed by atoms with Crippen molar-refractivity contribution in [2.24, 2.45) is 0 Å². The third kappa shape index (κ3) is 3.58. The van der Waals surface area contributed by atoms with Crippen molar-refractivity contribution in [3.63, 3.8) is 0 Å². The van der Waals surface area contributed by atoms with E-state index in [2.05, 4.69) is 55.5 Å². The smallest absolute Gasteiger partial charge is 0.345 e. The predicted octanol–water partition coefficient (Wildman–Crippen LogP) is 5.87. The third-order valence-corrected chi connectivity index (χ3v) is 5.74. The molecule has 0 aliphatic rings. The number of rotatable bonds is 3. The first-order valence-electron chi connectivity index (χ1n) is 7.31. The Balaban J connectivity index is 1.75. The molecule has 0 saturated carbocycles. The predicted molar refractivity (Wildman–Crippen MR) is 119 cm³/mol. The molecule has 4 nitrogen and oxygen atoms in total. The second-order valence-electron chi connectivity index (χ2n) is 5.28. The molecule has 1 N–H and O–H groups in total. The first-order chi connectivity index (χ1) is 12.1. The second kappa shape index (κ2) is 7.04. The largest absolute Gasteiger partial charge is 0.421 e. The maximum atomic E-state index is 12.4. The summed E-state index contributed by atoms with van der Waals surface area (Å²) >= 11 is 5.89. The Morgan fingerprint density at radius 2 is 1.88 bits per heavy atom. The highest BCUT2D eigenvalue weighted by atomic mass is 127. The molecule has 0 spiro atoms. The minimum Gasteiger partial charge on any atom is -0.421 e. The third-order valence-electron chi connectivity index (χ3n) is 3.56. The van der Waals surface area contributed by atoms with Gasteiger partial charge in [-0.3, -0.25) is 0 Å². The van der Waals surface area contributed by atoms with Crippen LogP contribution in [0.25, 0.3) is 22.2 Å². The van der Waals surface area contributed by atoms with Gasteiger partial charge < -0.3 is 9.73 Å². The number of aromatic nitrogens is 1. The highest BCUT2D eigenvalue weighted by Crippen LogP contribution is 2.29. The molecule has 0 bridgehead atoms. The molecule has 4 aromatic rings. The second-order valence-corrected chi connectivity index (χ2v) is 8.55. The fourth-order valence-electron chi connectivity index (χ4n) is 2.44. The van der Waals surface area contributed by atoms with E-state index in [4.69, 9.17) is 4.42 Å². The summed E-state index contributed by atoms with van der Waals surface area (Å²) in [5.41, 5.74) is 2.30. The van der Waals surface area contributed by atoms with Gasteiger partial charge in [-0.15, -0.1) is 11.3 Å². The zero-order valence-electron chi connectivity index (χ0n) is 12.6. The van der Waals surface area contributed by atoms with Crippen molar-refractivity contribution in [3.05, 3.63) is 71.5 Å². The van der Waals surface area contributed by atoms with Gasteiger partial charge in [-0.25, -0.2) is 9.78 Å². The molecule has 124 valence electrons. The fraction of sp³-hybridized carbons (Fsp3) is 0. The van der Waals surface area contributed by atoms with E-state index >= 15 is 0 Å². The number of benzene rings is 2. The number of thiazole rings is 1. The van der Waals surface area contributed by atoms with E-state index in [1.807, 2.05) is 53.9 Å².